The molecule has 2 fully saturated rings. The molecule has 0 spiro atoms. The number of carboxylic acids is 2. The highest BCUT2D eigenvalue weighted by molar-refractivity contribution is 8.05. The summed E-state index contributed by atoms with van der Waals surface area (Å²) in [6.45, 7) is 0. The average molecular weight is 334 g/mol. The minimum atomic E-state index is -2.24. The van der Waals surface area contributed by atoms with Gasteiger partial charge in [-0.15, -0.1) is 23.5 Å². The van der Waals surface area contributed by atoms with Crippen LogP contribution >= 0.6 is 23.5 Å². The smallest absolute Gasteiger partial charge is 0.348 e. The molecule has 3 N–H and O–H groups in total. The molecule has 2 saturated carbocycles. The maximum atomic E-state index is 11.6. The molecule has 0 aromatic heterocycles. The summed E-state index contributed by atoms with van der Waals surface area (Å²) in [4.78, 5) is 20.9. The van der Waals surface area contributed by atoms with Gasteiger partial charge in [-0.2, -0.15) is 0 Å². The number of carbonyl (C=O) groups is 2. The zero-order valence-electron chi connectivity index (χ0n) is 11.9. The van der Waals surface area contributed by atoms with Gasteiger partial charge >= 0.3 is 11.9 Å². The van der Waals surface area contributed by atoms with Crippen LogP contribution < -0.4 is 0 Å². The number of aliphatic hydroxyl groups is 1. The standard InChI is InChI=1S/C14H22O5S2/c15-12(16)11(20-9-5-1-2-6-9)14(19,13(17)18)21-10-7-3-4-8-10/h9-11,19H,1-8H2,(H,15,16)(H,17,18). The topological polar surface area (TPSA) is 94.8 Å². The number of aliphatic carboxylic acids is 2. The van der Waals surface area contributed by atoms with Crippen molar-refractivity contribution in [2.45, 2.75) is 72.0 Å². The van der Waals surface area contributed by atoms with E-state index in [4.69, 9.17) is 0 Å². The van der Waals surface area contributed by atoms with Crippen molar-refractivity contribution in [3.05, 3.63) is 0 Å². The first-order chi connectivity index (χ1) is 9.93. The van der Waals surface area contributed by atoms with Gasteiger partial charge in [0.2, 0.25) is 4.93 Å². The van der Waals surface area contributed by atoms with E-state index >= 15 is 0 Å². The van der Waals surface area contributed by atoms with Crippen LogP contribution in [0.2, 0.25) is 0 Å². The maximum Gasteiger partial charge on any atom is 0.348 e. The minimum absolute atomic E-state index is 0.0390. The lowest BCUT2D eigenvalue weighted by Crippen LogP contribution is -2.50. The first kappa shape index (κ1) is 17.0. The molecule has 2 unspecified atom stereocenters. The Balaban J connectivity index is 2.13. The SMILES string of the molecule is O=C(O)C(SC1CCCC1)C(O)(SC1CCCC1)C(=O)O. The van der Waals surface area contributed by atoms with Gasteiger partial charge in [-0.1, -0.05) is 25.7 Å². The summed E-state index contributed by atoms with van der Waals surface area (Å²) in [7, 11) is 0. The molecule has 0 aromatic carbocycles. The normalized spacial score (nSPS) is 24.8. The second kappa shape index (κ2) is 7.24. The van der Waals surface area contributed by atoms with E-state index in [1.165, 1.54) is 0 Å². The Morgan fingerprint density at radius 3 is 1.86 bits per heavy atom. The summed E-state index contributed by atoms with van der Waals surface area (Å²) < 4.78 is 0. The number of hydrogen-bond donors (Lipinski definition) is 3. The van der Waals surface area contributed by atoms with Crippen LogP contribution in [0, 0.1) is 0 Å². The van der Waals surface area contributed by atoms with Gasteiger partial charge in [0.05, 0.1) is 0 Å². The molecule has 0 saturated heterocycles. The third-order valence-electron chi connectivity index (χ3n) is 4.17. The van der Waals surface area contributed by atoms with Crippen LogP contribution in [0.3, 0.4) is 0 Å². The van der Waals surface area contributed by atoms with Gasteiger partial charge < -0.3 is 15.3 Å². The monoisotopic (exact) mass is 334 g/mol. The van der Waals surface area contributed by atoms with Gasteiger partial charge in [0, 0.05) is 10.5 Å². The van der Waals surface area contributed by atoms with Crippen LogP contribution in [0.15, 0.2) is 0 Å². The van der Waals surface area contributed by atoms with E-state index in [0.717, 1.165) is 74.9 Å². The maximum absolute atomic E-state index is 11.6. The van der Waals surface area contributed by atoms with E-state index in [9.17, 15) is 24.9 Å². The van der Waals surface area contributed by atoms with Gasteiger partial charge in [-0.3, -0.25) is 4.79 Å². The van der Waals surface area contributed by atoms with Crippen LogP contribution in [-0.4, -0.2) is 47.9 Å². The Kier molecular flexibility index (Phi) is 5.85. The number of carboxylic acid groups (broad SMARTS) is 2. The molecule has 0 aliphatic heterocycles. The first-order valence-corrected chi connectivity index (χ1v) is 9.27. The van der Waals surface area contributed by atoms with Crippen molar-refractivity contribution in [2.75, 3.05) is 0 Å². The average Bonchev–Trinajstić information content (AvgIpc) is 3.07. The van der Waals surface area contributed by atoms with Crippen LogP contribution in [-0.2, 0) is 9.59 Å². The van der Waals surface area contributed by atoms with Crippen LogP contribution in [0.5, 0.6) is 0 Å². The van der Waals surface area contributed by atoms with E-state index in [2.05, 4.69) is 0 Å². The third-order valence-corrected chi connectivity index (χ3v) is 7.56. The van der Waals surface area contributed by atoms with Crippen molar-refractivity contribution in [1.82, 2.24) is 0 Å². The number of rotatable bonds is 7. The Bertz CT molecular complexity index is 391. The molecule has 120 valence electrons. The Morgan fingerprint density at radius 2 is 1.43 bits per heavy atom. The molecule has 2 atom stereocenters. The predicted octanol–water partition coefficient (Wildman–Crippen LogP) is 2.56. The van der Waals surface area contributed by atoms with Crippen LogP contribution in [0.25, 0.3) is 0 Å². The van der Waals surface area contributed by atoms with Crippen molar-refractivity contribution < 1.29 is 24.9 Å². The summed E-state index contributed by atoms with van der Waals surface area (Å²) in [5, 5.41) is 28.3. The highest BCUT2D eigenvalue weighted by atomic mass is 32.2. The fourth-order valence-corrected chi connectivity index (χ4v) is 6.15. The molecule has 5 nitrogen and oxygen atoms in total. The molecule has 2 aliphatic rings. The Hall–Kier alpha value is -0.400. The quantitative estimate of drug-likeness (QED) is 0.616. The largest absolute Gasteiger partial charge is 0.480 e. The molecule has 21 heavy (non-hydrogen) atoms. The van der Waals surface area contributed by atoms with Crippen LogP contribution in [0.4, 0.5) is 0 Å². The second-order valence-electron chi connectivity index (χ2n) is 5.79. The molecule has 0 amide bonds. The van der Waals surface area contributed by atoms with E-state index in [0.29, 0.717) is 0 Å². The summed E-state index contributed by atoms with van der Waals surface area (Å²) in [6.07, 6.45) is 7.62. The fraction of sp³-hybridized carbons (Fsp3) is 0.857. The lowest BCUT2D eigenvalue weighted by atomic mass is 10.2. The molecule has 0 bridgehead atoms. The molecule has 2 rings (SSSR count). The molecule has 0 aromatic rings. The zero-order chi connectivity index (χ0) is 15.5. The summed E-state index contributed by atoms with van der Waals surface area (Å²) >= 11 is 2.06. The van der Waals surface area contributed by atoms with E-state index < -0.39 is 22.1 Å². The molecular weight excluding hydrogens is 312 g/mol. The van der Waals surface area contributed by atoms with Gasteiger partial charge in [-0.05, 0) is 25.7 Å². The van der Waals surface area contributed by atoms with Crippen molar-refractivity contribution >= 4 is 35.5 Å². The lowest BCUT2D eigenvalue weighted by molar-refractivity contribution is -0.155. The highest BCUT2D eigenvalue weighted by Gasteiger charge is 2.52. The highest BCUT2D eigenvalue weighted by Crippen LogP contribution is 2.45. The van der Waals surface area contributed by atoms with Gasteiger partial charge in [0.25, 0.3) is 0 Å². The molecule has 0 radical (unpaired) electrons. The van der Waals surface area contributed by atoms with Gasteiger partial charge in [0.1, 0.15) is 0 Å². The van der Waals surface area contributed by atoms with Crippen molar-refractivity contribution in [1.29, 1.82) is 0 Å². The predicted molar refractivity (Wildman–Crippen MR) is 83.7 cm³/mol. The Morgan fingerprint density at radius 1 is 0.952 bits per heavy atom. The minimum Gasteiger partial charge on any atom is -0.480 e. The number of thioether (sulfide) groups is 2. The fourth-order valence-electron chi connectivity index (χ4n) is 3.02. The van der Waals surface area contributed by atoms with Crippen molar-refractivity contribution in [2.24, 2.45) is 0 Å². The van der Waals surface area contributed by atoms with E-state index in [1.807, 2.05) is 0 Å². The molecule has 0 heterocycles. The van der Waals surface area contributed by atoms with E-state index in [1.54, 1.807) is 0 Å². The third kappa shape index (κ3) is 4.07. The van der Waals surface area contributed by atoms with Crippen molar-refractivity contribution in [3.8, 4) is 0 Å². The molecule has 2 aliphatic carbocycles. The zero-order valence-corrected chi connectivity index (χ0v) is 13.5. The van der Waals surface area contributed by atoms with Crippen molar-refractivity contribution in [3.63, 3.8) is 0 Å². The lowest BCUT2D eigenvalue weighted by Gasteiger charge is -2.32. The summed E-state index contributed by atoms with van der Waals surface area (Å²) in [5.74, 6) is -2.67. The second-order valence-corrected chi connectivity index (χ2v) is 8.72. The molecule has 7 heteroatoms. The Labute approximate surface area is 132 Å². The van der Waals surface area contributed by atoms with E-state index in [-0.39, 0.29) is 10.5 Å². The number of hydrogen-bond acceptors (Lipinski definition) is 5. The summed E-state index contributed by atoms with van der Waals surface area (Å²) in [6, 6.07) is 0. The summed E-state index contributed by atoms with van der Waals surface area (Å²) in [5.41, 5.74) is 0. The van der Waals surface area contributed by atoms with Crippen LogP contribution in [0.1, 0.15) is 51.4 Å². The first-order valence-electron chi connectivity index (χ1n) is 7.45. The molecular formula is C14H22O5S2. The van der Waals surface area contributed by atoms with Gasteiger partial charge in [-0.25, -0.2) is 4.79 Å². The van der Waals surface area contributed by atoms with Gasteiger partial charge in [0.15, 0.2) is 5.25 Å².